The number of aromatic nitrogens is 1. The van der Waals surface area contributed by atoms with E-state index in [4.69, 9.17) is 4.74 Å². The van der Waals surface area contributed by atoms with Gasteiger partial charge in [0, 0.05) is 12.7 Å². The van der Waals surface area contributed by atoms with Crippen LogP contribution in [0, 0.1) is 0 Å². The number of carbonyl (C=O) groups is 2. The lowest BCUT2D eigenvalue weighted by Crippen LogP contribution is -2.37. The minimum absolute atomic E-state index is 0.0947. The molecule has 3 heterocycles. The molecule has 1 fully saturated rings. The number of benzene rings is 2. The van der Waals surface area contributed by atoms with Gasteiger partial charge in [0.15, 0.2) is 5.82 Å². The first-order chi connectivity index (χ1) is 17.2. The Labute approximate surface area is 205 Å². The molecule has 2 aliphatic rings. The van der Waals surface area contributed by atoms with Crippen molar-refractivity contribution in [3.63, 3.8) is 0 Å². The average Bonchev–Trinajstić information content (AvgIpc) is 3.02. The van der Waals surface area contributed by atoms with E-state index in [0.717, 1.165) is 24.3 Å². The molecule has 1 N–H and O–H groups in total. The van der Waals surface area contributed by atoms with Gasteiger partial charge in [0.05, 0.1) is 30.0 Å². The molecule has 0 saturated carbocycles. The highest BCUT2D eigenvalue weighted by Gasteiger charge is 2.31. The third-order valence-corrected chi connectivity index (χ3v) is 6.51. The predicted molar refractivity (Wildman–Crippen MR) is 136 cm³/mol. The van der Waals surface area contributed by atoms with Crippen molar-refractivity contribution in [3.05, 3.63) is 78.0 Å². The van der Waals surface area contributed by atoms with Gasteiger partial charge in [-0.2, -0.15) is 0 Å². The Morgan fingerprint density at radius 1 is 0.971 bits per heavy atom. The van der Waals surface area contributed by atoms with Crippen LogP contribution in [0.1, 0.15) is 41.6 Å². The first-order valence-corrected chi connectivity index (χ1v) is 12.3. The van der Waals surface area contributed by atoms with Gasteiger partial charge in [-0.05, 0) is 74.3 Å². The highest BCUT2D eigenvalue weighted by molar-refractivity contribution is 6.25. The summed E-state index contributed by atoms with van der Waals surface area (Å²) in [6.45, 7) is 4.15. The van der Waals surface area contributed by atoms with Crippen LogP contribution in [0.25, 0.3) is 0 Å². The summed E-state index contributed by atoms with van der Waals surface area (Å²) in [4.78, 5) is 34.8. The largest absolute Gasteiger partial charge is 0.494 e. The molecule has 0 spiro atoms. The summed E-state index contributed by atoms with van der Waals surface area (Å²) in [5.41, 5.74) is 2.34. The van der Waals surface area contributed by atoms with Crippen molar-refractivity contribution in [2.24, 2.45) is 0 Å². The minimum Gasteiger partial charge on any atom is -0.494 e. The number of likely N-dealkylation sites (tertiary alicyclic amines) is 1. The number of nitrogens with one attached hydrogen (secondary N) is 1. The van der Waals surface area contributed by atoms with E-state index in [2.05, 4.69) is 15.2 Å². The highest BCUT2D eigenvalue weighted by Crippen LogP contribution is 2.34. The second kappa shape index (κ2) is 10.7. The number of anilines is 3. The van der Waals surface area contributed by atoms with Crippen LogP contribution in [-0.4, -0.2) is 47.9 Å². The van der Waals surface area contributed by atoms with Crippen molar-refractivity contribution in [2.75, 3.05) is 36.5 Å². The molecule has 1 saturated heterocycles. The number of fused-ring (bicyclic) bond motifs is 2. The number of pyridine rings is 1. The molecule has 2 amide bonds. The second-order valence-electron chi connectivity index (χ2n) is 9.00. The lowest BCUT2D eigenvalue weighted by Gasteiger charge is -2.26. The Morgan fingerprint density at radius 2 is 1.77 bits per heavy atom. The molecule has 0 bridgehead atoms. The summed E-state index contributed by atoms with van der Waals surface area (Å²) < 4.78 is 5.90. The van der Waals surface area contributed by atoms with E-state index in [0.29, 0.717) is 29.4 Å². The second-order valence-corrected chi connectivity index (χ2v) is 9.00. The molecule has 180 valence electrons. The van der Waals surface area contributed by atoms with Gasteiger partial charge < -0.3 is 15.0 Å². The summed E-state index contributed by atoms with van der Waals surface area (Å²) in [5, 5.41) is 3.19. The molecule has 2 aliphatic heterocycles. The van der Waals surface area contributed by atoms with Gasteiger partial charge in [-0.25, -0.2) is 9.88 Å². The van der Waals surface area contributed by atoms with Crippen LogP contribution in [0.5, 0.6) is 5.75 Å². The highest BCUT2D eigenvalue weighted by atomic mass is 16.5. The number of ether oxygens (including phenoxy) is 1. The number of amides is 2. The predicted octanol–water partition coefficient (Wildman–Crippen LogP) is 4.81. The summed E-state index contributed by atoms with van der Waals surface area (Å²) in [6, 6.07) is 18.2. The molecule has 35 heavy (non-hydrogen) atoms. The molecule has 3 aromatic rings. The summed E-state index contributed by atoms with van der Waals surface area (Å²) >= 11 is 0. The third kappa shape index (κ3) is 5.35. The lowest BCUT2D eigenvalue weighted by atomic mass is 10.1. The van der Waals surface area contributed by atoms with E-state index in [9.17, 15) is 9.59 Å². The fraction of sp³-hybridized carbons (Fsp3) is 0.321. The number of hydrogen-bond donors (Lipinski definition) is 1. The number of para-hydroxylation sites is 1. The van der Waals surface area contributed by atoms with E-state index in [1.165, 1.54) is 37.3 Å². The zero-order chi connectivity index (χ0) is 24.0. The number of imide groups is 1. The number of hydrogen-bond acceptors (Lipinski definition) is 6. The van der Waals surface area contributed by atoms with Gasteiger partial charge in [0.2, 0.25) is 5.91 Å². The van der Waals surface area contributed by atoms with Crippen LogP contribution in [0.15, 0.2) is 66.9 Å². The Morgan fingerprint density at radius 3 is 2.60 bits per heavy atom. The monoisotopic (exact) mass is 470 g/mol. The Bertz CT molecular complexity index is 1190. The number of carbonyl (C=O) groups excluding carboxylic acids is 2. The van der Waals surface area contributed by atoms with Gasteiger partial charge >= 0.3 is 0 Å². The van der Waals surface area contributed by atoms with E-state index >= 15 is 0 Å². The molecule has 7 nitrogen and oxygen atoms in total. The van der Waals surface area contributed by atoms with Crippen molar-refractivity contribution >= 4 is 29.0 Å². The number of rotatable bonds is 7. The molecule has 0 aliphatic carbocycles. The molecule has 5 rings (SSSR count). The fourth-order valence-electron chi connectivity index (χ4n) is 4.68. The van der Waals surface area contributed by atoms with Crippen molar-refractivity contribution < 1.29 is 14.3 Å². The van der Waals surface area contributed by atoms with Crippen LogP contribution >= 0.6 is 0 Å². The zero-order valence-electron chi connectivity index (χ0n) is 19.8. The van der Waals surface area contributed by atoms with E-state index < -0.39 is 0 Å². The van der Waals surface area contributed by atoms with Crippen LogP contribution in [0.4, 0.5) is 17.2 Å². The maximum atomic E-state index is 13.4. The zero-order valence-corrected chi connectivity index (χ0v) is 19.8. The Hall–Kier alpha value is -3.71. The molecular formula is C28H30N4O3. The first kappa shape index (κ1) is 23.1. The van der Waals surface area contributed by atoms with Gasteiger partial charge in [-0.1, -0.05) is 30.7 Å². The maximum Gasteiger partial charge on any atom is 0.267 e. The van der Waals surface area contributed by atoms with Crippen molar-refractivity contribution in [2.45, 2.75) is 32.1 Å². The molecule has 0 radical (unpaired) electrons. The van der Waals surface area contributed by atoms with Gasteiger partial charge in [-0.15, -0.1) is 0 Å². The van der Waals surface area contributed by atoms with Gasteiger partial charge in [0.25, 0.3) is 5.91 Å². The molecule has 7 heteroatoms. The number of piperidine rings is 1. The van der Waals surface area contributed by atoms with Gasteiger partial charge in [0.1, 0.15) is 5.75 Å². The molecule has 0 unspecified atom stereocenters. The maximum absolute atomic E-state index is 13.4. The van der Waals surface area contributed by atoms with E-state index in [1.807, 2.05) is 36.4 Å². The quantitative estimate of drug-likeness (QED) is 0.500. The van der Waals surface area contributed by atoms with Crippen molar-refractivity contribution in [3.8, 4) is 5.75 Å². The Kier molecular flexibility index (Phi) is 7.04. The minimum atomic E-state index is -0.362. The van der Waals surface area contributed by atoms with Crippen LogP contribution in [-0.2, 0) is 11.2 Å². The first-order valence-electron chi connectivity index (χ1n) is 12.3. The molecular weight excluding hydrogens is 440 g/mol. The van der Waals surface area contributed by atoms with Crippen LogP contribution < -0.4 is 15.0 Å². The molecule has 2 aromatic carbocycles. The van der Waals surface area contributed by atoms with Crippen molar-refractivity contribution in [1.29, 1.82) is 0 Å². The lowest BCUT2D eigenvalue weighted by molar-refractivity contribution is -0.117. The van der Waals surface area contributed by atoms with Crippen LogP contribution in [0.2, 0.25) is 0 Å². The smallest absolute Gasteiger partial charge is 0.267 e. The molecule has 1 aromatic heterocycles. The summed E-state index contributed by atoms with van der Waals surface area (Å²) in [6.07, 6.45) is 6.68. The SMILES string of the molecule is O=C(Cc1ccc(OCCCN2CCCCC2)cc1)N1C(=O)c2ccccc2Nc2ncccc21. The standard InChI is InChI=1S/C28H30N4O3/c33-26(20-21-11-13-22(14-12-21)35-19-7-18-31-16-4-1-5-17-31)32-25-10-6-15-29-27(25)30-24-9-3-2-8-23(24)28(32)34/h2-3,6,8-15H,1,4-5,7,16-20H2,(H,29,30). The molecule has 0 atom stereocenters. The average molecular weight is 471 g/mol. The van der Waals surface area contributed by atoms with Gasteiger partial charge in [-0.3, -0.25) is 9.59 Å². The fourth-order valence-corrected chi connectivity index (χ4v) is 4.68. The normalized spacial score (nSPS) is 15.5. The van der Waals surface area contributed by atoms with Crippen molar-refractivity contribution in [1.82, 2.24) is 9.88 Å². The van der Waals surface area contributed by atoms with E-state index in [-0.39, 0.29) is 18.2 Å². The Balaban J connectivity index is 1.23. The third-order valence-electron chi connectivity index (χ3n) is 6.51. The van der Waals surface area contributed by atoms with Crippen LogP contribution in [0.3, 0.4) is 0 Å². The topological polar surface area (TPSA) is 74.8 Å². The van der Waals surface area contributed by atoms with E-state index in [1.54, 1.807) is 30.5 Å². The number of nitrogens with zero attached hydrogens (tertiary/aromatic N) is 3. The summed E-state index contributed by atoms with van der Waals surface area (Å²) in [5.74, 6) is 0.599. The summed E-state index contributed by atoms with van der Waals surface area (Å²) in [7, 11) is 0.